The summed E-state index contributed by atoms with van der Waals surface area (Å²) in [5.74, 6) is 0.0725. The van der Waals surface area contributed by atoms with Crippen molar-refractivity contribution in [2.24, 2.45) is 0 Å². The Kier molecular flexibility index (Phi) is 4.33. The van der Waals surface area contributed by atoms with Crippen molar-refractivity contribution in [3.05, 3.63) is 0 Å². The summed E-state index contributed by atoms with van der Waals surface area (Å²) in [6, 6.07) is 0.335. The molecule has 0 aliphatic carbocycles. The first-order valence-electron chi connectivity index (χ1n) is 5.86. The highest BCUT2D eigenvalue weighted by Crippen LogP contribution is 2.22. The van der Waals surface area contributed by atoms with E-state index in [4.69, 9.17) is 4.74 Å². The average Bonchev–Trinajstić information content (AvgIpc) is 2.65. The molecule has 0 radical (unpaired) electrons. The van der Waals surface area contributed by atoms with E-state index >= 15 is 0 Å². The Morgan fingerprint density at radius 3 is 2.56 bits per heavy atom. The number of carbonyl (C=O) groups is 1. The van der Waals surface area contributed by atoms with Crippen LogP contribution >= 0.6 is 0 Å². The summed E-state index contributed by atoms with van der Waals surface area (Å²) in [4.78, 5) is 15.9. The molecule has 94 valence electrons. The molecule has 1 rings (SSSR count). The largest absolute Gasteiger partial charge is 0.375 e. The molecule has 4 heteroatoms. The number of likely N-dealkylation sites (tertiary alicyclic amines) is 1. The predicted molar refractivity (Wildman–Crippen MR) is 64.4 cm³/mol. The van der Waals surface area contributed by atoms with Crippen molar-refractivity contribution in [2.75, 3.05) is 33.9 Å². The quantitative estimate of drug-likeness (QED) is 0.721. The lowest BCUT2D eigenvalue weighted by Crippen LogP contribution is -2.44. The summed E-state index contributed by atoms with van der Waals surface area (Å²) < 4.78 is 4.87. The molecule has 1 aliphatic heterocycles. The number of ether oxygens (including phenoxy) is 1. The average molecular weight is 228 g/mol. The Morgan fingerprint density at radius 2 is 2.12 bits per heavy atom. The van der Waals surface area contributed by atoms with E-state index in [1.54, 1.807) is 7.11 Å². The van der Waals surface area contributed by atoms with Crippen molar-refractivity contribution in [2.45, 2.75) is 38.8 Å². The summed E-state index contributed by atoms with van der Waals surface area (Å²) in [6.07, 6.45) is 1.06. The van der Waals surface area contributed by atoms with Gasteiger partial charge < -0.3 is 9.64 Å². The Bertz CT molecular complexity index is 248. The van der Waals surface area contributed by atoms with Crippen molar-refractivity contribution < 1.29 is 9.53 Å². The minimum Gasteiger partial charge on any atom is -0.375 e. The van der Waals surface area contributed by atoms with Crippen LogP contribution < -0.4 is 0 Å². The van der Waals surface area contributed by atoms with E-state index in [2.05, 4.69) is 25.7 Å². The molecule has 1 atom stereocenters. The molecule has 1 heterocycles. The second-order valence-electron chi connectivity index (χ2n) is 5.50. The predicted octanol–water partition coefficient (Wildman–Crippen LogP) is 0.964. The van der Waals surface area contributed by atoms with Crippen LogP contribution in [-0.2, 0) is 9.53 Å². The zero-order valence-corrected chi connectivity index (χ0v) is 11.1. The maximum atomic E-state index is 11.7. The first-order valence-corrected chi connectivity index (χ1v) is 5.86. The normalized spacial score (nSPS) is 22.4. The molecule has 0 aromatic heterocycles. The minimum atomic E-state index is 0.0725. The van der Waals surface area contributed by atoms with Crippen LogP contribution in [0.2, 0.25) is 0 Å². The van der Waals surface area contributed by atoms with Crippen LogP contribution in [0, 0.1) is 0 Å². The maximum Gasteiger partial charge on any atom is 0.248 e. The van der Waals surface area contributed by atoms with E-state index in [-0.39, 0.29) is 18.1 Å². The number of carbonyl (C=O) groups excluding carboxylic acids is 1. The molecule has 0 bridgehead atoms. The second-order valence-corrected chi connectivity index (χ2v) is 5.50. The van der Waals surface area contributed by atoms with Gasteiger partial charge in [0, 0.05) is 38.8 Å². The van der Waals surface area contributed by atoms with Crippen molar-refractivity contribution >= 4 is 5.91 Å². The lowest BCUT2D eigenvalue weighted by atomic mass is 10.1. The van der Waals surface area contributed by atoms with Crippen molar-refractivity contribution in [1.82, 2.24) is 9.80 Å². The van der Waals surface area contributed by atoms with Crippen LogP contribution in [0.4, 0.5) is 0 Å². The fourth-order valence-electron chi connectivity index (χ4n) is 2.10. The number of amides is 1. The molecular formula is C12H24N2O2. The first kappa shape index (κ1) is 13.5. The molecule has 0 unspecified atom stereocenters. The van der Waals surface area contributed by atoms with E-state index in [1.165, 1.54) is 0 Å². The van der Waals surface area contributed by atoms with Gasteiger partial charge in [-0.05, 0) is 27.2 Å². The first-order chi connectivity index (χ1) is 7.36. The van der Waals surface area contributed by atoms with Gasteiger partial charge in [0.2, 0.25) is 5.91 Å². The SMILES string of the molecule is COCC(=O)N(C)[C@@H]1CCN(C(C)(C)C)C1. The van der Waals surface area contributed by atoms with E-state index in [1.807, 2.05) is 11.9 Å². The molecule has 0 saturated carbocycles. The van der Waals surface area contributed by atoms with Gasteiger partial charge >= 0.3 is 0 Å². The van der Waals surface area contributed by atoms with Gasteiger partial charge in [0.25, 0.3) is 0 Å². The second kappa shape index (κ2) is 5.15. The van der Waals surface area contributed by atoms with Gasteiger partial charge in [0.05, 0.1) is 0 Å². The maximum absolute atomic E-state index is 11.7. The van der Waals surface area contributed by atoms with Gasteiger partial charge in [-0.25, -0.2) is 0 Å². The van der Waals surface area contributed by atoms with Gasteiger partial charge in [-0.2, -0.15) is 0 Å². The highest BCUT2D eigenvalue weighted by Gasteiger charge is 2.33. The third-order valence-electron chi connectivity index (χ3n) is 3.32. The summed E-state index contributed by atoms with van der Waals surface area (Å²) in [6.45, 7) is 8.86. The monoisotopic (exact) mass is 228 g/mol. The van der Waals surface area contributed by atoms with Crippen LogP contribution in [0.15, 0.2) is 0 Å². The molecule has 1 amide bonds. The van der Waals surface area contributed by atoms with Gasteiger partial charge in [-0.3, -0.25) is 9.69 Å². The molecule has 0 spiro atoms. The zero-order valence-electron chi connectivity index (χ0n) is 11.1. The summed E-state index contributed by atoms with van der Waals surface area (Å²) >= 11 is 0. The van der Waals surface area contributed by atoms with Gasteiger partial charge in [0.1, 0.15) is 6.61 Å². The number of likely N-dealkylation sites (N-methyl/N-ethyl adjacent to an activating group) is 1. The summed E-state index contributed by atoms with van der Waals surface area (Å²) in [5, 5.41) is 0. The van der Waals surface area contributed by atoms with Crippen LogP contribution in [0.5, 0.6) is 0 Å². The number of methoxy groups -OCH3 is 1. The van der Waals surface area contributed by atoms with E-state index < -0.39 is 0 Å². The van der Waals surface area contributed by atoms with E-state index in [9.17, 15) is 4.79 Å². The minimum absolute atomic E-state index is 0.0725. The third-order valence-corrected chi connectivity index (χ3v) is 3.32. The Hall–Kier alpha value is -0.610. The fraction of sp³-hybridized carbons (Fsp3) is 0.917. The van der Waals surface area contributed by atoms with Crippen LogP contribution in [0.25, 0.3) is 0 Å². The summed E-state index contributed by atoms with van der Waals surface area (Å²) in [5.41, 5.74) is 0.194. The fourth-order valence-corrected chi connectivity index (χ4v) is 2.10. The van der Waals surface area contributed by atoms with E-state index in [0.29, 0.717) is 6.04 Å². The molecular weight excluding hydrogens is 204 g/mol. The Labute approximate surface area is 98.5 Å². The zero-order chi connectivity index (χ0) is 12.3. The number of nitrogens with zero attached hydrogens (tertiary/aromatic N) is 2. The standard InChI is InChI=1S/C12H24N2O2/c1-12(2,3)14-7-6-10(8-14)13(4)11(15)9-16-5/h10H,6-9H2,1-5H3/t10-/m1/s1. The lowest BCUT2D eigenvalue weighted by Gasteiger charge is -2.32. The van der Waals surface area contributed by atoms with Crippen LogP contribution in [-0.4, -0.2) is 61.1 Å². The number of hydrogen-bond donors (Lipinski definition) is 0. The topological polar surface area (TPSA) is 32.8 Å². The van der Waals surface area contributed by atoms with Crippen LogP contribution in [0.3, 0.4) is 0 Å². The molecule has 0 N–H and O–H groups in total. The third kappa shape index (κ3) is 3.19. The molecule has 0 aromatic rings. The lowest BCUT2D eigenvalue weighted by molar-refractivity contribution is -0.135. The Morgan fingerprint density at radius 1 is 1.50 bits per heavy atom. The van der Waals surface area contributed by atoms with Gasteiger partial charge in [0.15, 0.2) is 0 Å². The molecule has 4 nitrogen and oxygen atoms in total. The van der Waals surface area contributed by atoms with E-state index in [0.717, 1.165) is 19.5 Å². The molecule has 1 fully saturated rings. The van der Waals surface area contributed by atoms with Crippen LogP contribution in [0.1, 0.15) is 27.2 Å². The van der Waals surface area contributed by atoms with Gasteiger partial charge in [-0.1, -0.05) is 0 Å². The Balaban J connectivity index is 2.50. The molecule has 1 aliphatic rings. The number of hydrogen-bond acceptors (Lipinski definition) is 3. The van der Waals surface area contributed by atoms with Gasteiger partial charge in [-0.15, -0.1) is 0 Å². The van der Waals surface area contributed by atoms with Crippen molar-refractivity contribution in [3.63, 3.8) is 0 Å². The smallest absolute Gasteiger partial charge is 0.248 e. The molecule has 0 aromatic carbocycles. The number of rotatable bonds is 3. The highest BCUT2D eigenvalue weighted by atomic mass is 16.5. The highest BCUT2D eigenvalue weighted by molar-refractivity contribution is 5.77. The molecule has 1 saturated heterocycles. The summed E-state index contributed by atoms with van der Waals surface area (Å²) in [7, 11) is 3.43. The van der Waals surface area contributed by atoms with Crippen molar-refractivity contribution in [1.29, 1.82) is 0 Å². The van der Waals surface area contributed by atoms with Crippen molar-refractivity contribution in [3.8, 4) is 0 Å². The molecule has 16 heavy (non-hydrogen) atoms.